The minimum atomic E-state index is 0.0812. The molecule has 0 aliphatic rings. The second kappa shape index (κ2) is 10.5. The Bertz CT molecular complexity index is 1480. The lowest BCUT2D eigenvalue weighted by atomic mass is 9.90. The zero-order chi connectivity index (χ0) is 24.9. The van der Waals surface area contributed by atoms with Crippen molar-refractivity contribution in [2.24, 2.45) is 0 Å². The Kier molecular flexibility index (Phi) is 6.81. The first kappa shape index (κ1) is 23.4. The zero-order valence-corrected chi connectivity index (χ0v) is 20.5. The Morgan fingerprint density at radius 2 is 1.31 bits per heavy atom. The first-order valence-electron chi connectivity index (χ1n) is 12.3. The van der Waals surface area contributed by atoms with Crippen molar-refractivity contribution >= 4 is 5.78 Å². The van der Waals surface area contributed by atoms with Gasteiger partial charge in [-0.25, -0.2) is 0 Å². The maximum atomic E-state index is 13.7. The van der Waals surface area contributed by atoms with Crippen LogP contribution in [0.1, 0.15) is 30.1 Å². The molecule has 0 bridgehead atoms. The van der Waals surface area contributed by atoms with Crippen LogP contribution >= 0.6 is 0 Å². The molecule has 178 valence electrons. The summed E-state index contributed by atoms with van der Waals surface area (Å²) in [5.41, 5.74) is 6.24. The molecule has 5 aromatic rings. The fourth-order valence-electron chi connectivity index (χ4n) is 4.64. The van der Waals surface area contributed by atoms with Gasteiger partial charge in [0.15, 0.2) is 5.78 Å². The maximum absolute atomic E-state index is 13.7. The Balaban J connectivity index is 1.83. The van der Waals surface area contributed by atoms with Crippen LogP contribution in [0.5, 0.6) is 5.75 Å². The van der Waals surface area contributed by atoms with E-state index in [4.69, 9.17) is 9.15 Å². The van der Waals surface area contributed by atoms with Crippen LogP contribution in [0.4, 0.5) is 0 Å². The quantitative estimate of drug-likeness (QED) is 0.212. The molecule has 3 nitrogen and oxygen atoms in total. The summed E-state index contributed by atoms with van der Waals surface area (Å²) < 4.78 is 12.2. The van der Waals surface area contributed by atoms with Gasteiger partial charge in [0.05, 0.1) is 12.7 Å². The predicted molar refractivity (Wildman–Crippen MR) is 146 cm³/mol. The molecule has 0 aliphatic carbocycles. The fourth-order valence-corrected chi connectivity index (χ4v) is 4.64. The molecule has 0 fully saturated rings. The summed E-state index contributed by atoms with van der Waals surface area (Å²) in [5.74, 6) is 2.16. The van der Waals surface area contributed by atoms with Crippen LogP contribution in [0.2, 0.25) is 0 Å². The largest absolute Gasteiger partial charge is 0.497 e. The van der Waals surface area contributed by atoms with Crippen molar-refractivity contribution in [1.82, 2.24) is 0 Å². The van der Waals surface area contributed by atoms with E-state index in [-0.39, 0.29) is 5.78 Å². The monoisotopic (exact) mass is 472 g/mol. The van der Waals surface area contributed by atoms with Crippen molar-refractivity contribution in [3.05, 3.63) is 115 Å². The number of hydrogen-bond acceptors (Lipinski definition) is 3. The third kappa shape index (κ3) is 4.48. The van der Waals surface area contributed by atoms with Crippen LogP contribution in [0, 0.1) is 0 Å². The van der Waals surface area contributed by atoms with Gasteiger partial charge in [-0.1, -0.05) is 104 Å². The Morgan fingerprint density at radius 3 is 1.97 bits per heavy atom. The average molecular weight is 473 g/mol. The third-order valence-electron chi connectivity index (χ3n) is 6.32. The maximum Gasteiger partial charge on any atom is 0.167 e. The van der Waals surface area contributed by atoms with E-state index in [9.17, 15) is 4.79 Å². The number of carbonyl (C=O) groups excluding carboxylic acids is 1. The lowest BCUT2D eigenvalue weighted by Crippen LogP contribution is -2.01. The molecule has 0 spiro atoms. The van der Waals surface area contributed by atoms with Gasteiger partial charge in [-0.3, -0.25) is 4.79 Å². The van der Waals surface area contributed by atoms with Gasteiger partial charge in [0.2, 0.25) is 0 Å². The van der Waals surface area contributed by atoms with Crippen LogP contribution in [0.3, 0.4) is 0 Å². The van der Waals surface area contributed by atoms with Gasteiger partial charge in [-0.05, 0) is 35.2 Å². The van der Waals surface area contributed by atoms with Crippen molar-refractivity contribution in [2.75, 3.05) is 7.11 Å². The summed E-state index contributed by atoms with van der Waals surface area (Å²) in [5, 5.41) is 0. The second-order valence-corrected chi connectivity index (χ2v) is 8.69. The highest BCUT2D eigenvalue weighted by atomic mass is 16.5. The SMILES string of the molecule is CCCC(=O)c1c(-c2ccccc2-c2cccc(OC)c2)oc(-c2ccccc2)c1-c1ccccc1. The van der Waals surface area contributed by atoms with Gasteiger partial charge in [0.25, 0.3) is 0 Å². The molecule has 0 saturated carbocycles. The average Bonchev–Trinajstić information content (AvgIpc) is 3.35. The van der Waals surface area contributed by atoms with Gasteiger partial charge in [-0.15, -0.1) is 0 Å². The molecule has 0 N–H and O–H groups in total. The van der Waals surface area contributed by atoms with Crippen LogP contribution in [0.25, 0.3) is 44.9 Å². The third-order valence-corrected chi connectivity index (χ3v) is 6.32. The van der Waals surface area contributed by atoms with Gasteiger partial charge in [-0.2, -0.15) is 0 Å². The molecular weight excluding hydrogens is 444 g/mol. The predicted octanol–water partition coefficient (Wildman–Crippen LogP) is 8.94. The van der Waals surface area contributed by atoms with Crippen molar-refractivity contribution in [2.45, 2.75) is 19.8 Å². The van der Waals surface area contributed by atoms with E-state index in [1.165, 1.54) is 0 Å². The van der Waals surface area contributed by atoms with Crippen molar-refractivity contribution in [1.29, 1.82) is 0 Å². The standard InChI is InChI=1S/C33H28O3/c1-3-13-29(34)31-30(23-14-6-4-7-15-23)32(24-16-8-5-9-17-24)36-33(31)28-21-11-10-20-27(28)25-18-12-19-26(22-25)35-2/h4-12,14-22H,3,13H2,1-2H3. The van der Waals surface area contributed by atoms with E-state index in [1.54, 1.807) is 7.11 Å². The Hall–Kier alpha value is -4.37. The molecule has 0 saturated heterocycles. The second-order valence-electron chi connectivity index (χ2n) is 8.69. The minimum absolute atomic E-state index is 0.0812. The number of carbonyl (C=O) groups is 1. The number of benzene rings is 4. The highest BCUT2D eigenvalue weighted by molar-refractivity contribution is 6.11. The number of rotatable bonds is 8. The number of furan rings is 1. The first-order chi connectivity index (χ1) is 17.7. The Morgan fingerprint density at radius 1 is 0.694 bits per heavy atom. The highest BCUT2D eigenvalue weighted by Gasteiger charge is 2.29. The summed E-state index contributed by atoms with van der Waals surface area (Å²) in [6.07, 6.45) is 1.21. The number of hydrogen-bond donors (Lipinski definition) is 0. The summed E-state index contributed by atoms with van der Waals surface area (Å²) in [7, 11) is 1.66. The number of ether oxygens (including phenoxy) is 1. The molecular formula is C33H28O3. The molecule has 0 amide bonds. The molecule has 5 rings (SSSR count). The summed E-state index contributed by atoms with van der Waals surface area (Å²) in [6.45, 7) is 2.03. The van der Waals surface area contributed by atoms with E-state index < -0.39 is 0 Å². The van der Waals surface area contributed by atoms with Crippen LogP contribution in [-0.4, -0.2) is 12.9 Å². The lowest BCUT2D eigenvalue weighted by Gasteiger charge is -2.11. The number of methoxy groups -OCH3 is 1. The van der Waals surface area contributed by atoms with E-state index in [0.717, 1.165) is 45.6 Å². The minimum Gasteiger partial charge on any atom is -0.497 e. The normalized spacial score (nSPS) is 10.8. The van der Waals surface area contributed by atoms with E-state index in [1.807, 2.05) is 110 Å². The molecule has 0 unspecified atom stereocenters. The molecule has 0 radical (unpaired) electrons. The van der Waals surface area contributed by atoms with Crippen molar-refractivity contribution in [3.63, 3.8) is 0 Å². The van der Waals surface area contributed by atoms with Crippen molar-refractivity contribution < 1.29 is 13.9 Å². The highest BCUT2D eigenvalue weighted by Crippen LogP contribution is 2.46. The molecule has 3 heteroatoms. The van der Waals surface area contributed by atoms with Crippen LogP contribution in [0.15, 0.2) is 114 Å². The molecule has 36 heavy (non-hydrogen) atoms. The smallest absolute Gasteiger partial charge is 0.167 e. The van der Waals surface area contributed by atoms with E-state index in [0.29, 0.717) is 23.5 Å². The van der Waals surface area contributed by atoms with Crippen LogP contribution < -0.4 is 4.74 Å². The van der Waals surface area contributed by atoms with Gasteiger partial charge in [0.1, 0.15) is 17.3 Å². The first-order valence-corrected chi connectivity index (χ1v) is 12.3. The summed E-state index contributed by atoms with van der Waals surface area (Å²) in [4.78, 5) is 13.7. The number of ketones is 1. The molecule has 0 aliphatic heterocycles. The molecule has 0 atom stereocenters. The van der Waals surface area contributed by atoms with E-state index >= 15 is 0 Å². The van der Waals surface area contributed by atoms with Gasteiger partial charge >= 0.3 is 0 Å². The lowest BCUT2D eigenvalue weighted by molar-refractivity contribution is 0.0982. The Labute approximate surface area is 212 Å². The molecule has 4 aromatic carbocycles. The van der Waals surface area contributed by atoms with Gasteiger partial charge < -0.3 is 9.15 Å². The number of Topliss-reactive ketones (excluding diaryl/α,β-unsaturated/α-hetero) is 1. The summed E-state index contributed by atoms with van der Waals surface area (Å²) in [6, 6.07) is 36.1. The van der Waals surface area contributed by atoms with E-state index in [2.05, 4.69) is 6.07 Å². The molecule has 1 aromatic heterocycles. The topological polar surface area (TPSA) is 39.4 Å². The van der Waals surface area contributed by atoms with Gasteiger partial charge in [0, 0.05) is 23.1 Å². The van der Waals surface area contributed by atoms with Crippen LogP contribution in [-0.2, 0) is 0 Å². The summed E-state index contributed by atoms with van der Waals surface area (Å²) >= 11 is 0. The van der Waals surface area contributed by atoms with Crippen molar-refractivity contribution in [3.8, 4) is 50.7 Å². The fraction of sp³-hybridized carbons (Fsp3) is 0.121. The molecule has 1 heterocycles. The zero-order valence-electron chi connectivity index (χ0n) is 20.5.